The molecule has 1 aliphatic heterocycles. The molecule has 1 atom stereocenters. The maximum atomic E-state index is 11.4. The van der Waals surface area contributed by atoms with Gasteiger partial charge in [0.2, 0.25) is 0 Å². The summed E-state index contributed by atoms with van der Waals surface area (Å²) in [7, 11) is 1.58. The van der Waals surface area contributed by atoms with Crippen LogP contribution in [-0.4, -0.2) is 41.4 Å². The summed E-state index contributed by atoms with van der Waals surface area (Å²) < 4.78 is 6.03. The van der Waals surface area contributed by atoms with Crippen molar-refractivity contribution in [2.45, 2.75) is 50.2 Å². The highest BCUT2D eigenvalue weighted by Crippen LogP contribution is 2.40. The Labute approximate surface area is 124 Å². The van der Waals surface area contributed by atoms with E-state index in [0.717, 1.165) is 25.3 Å². The first kappa shape index (κ1) is 14.3. The van der Waals surface area contributed by atoms with E-state index >= 15 is 0 Å². The van der Waals surface area contributed by atoms with Crippen molar-refractivity contribution in [3.05, 3.63) is 17.8 Å². The van der Waals surface area contributed by atoms with E-state index in [4.69, 9.17) is 4.74 Å². The quantitative estimate of drug-likeness (QED) is 0.887. The molecule has 1 aliphatic carbocycles. The van der Waals surface area contributed by atoms with Gasteiger partial charge >= 0.3 is 0 Å². The maximum Gasteiger partial charge on any atom is 0.271 e. The first-order valence-corrected chi connectivity index (χ1v) is 7.67. The van der Waals surface area contributed by atoms with Crippen LogP contribution in [0.5, 0.6) is 0 Å². The number of ether oxygens (including phenoxy) is 1. The Morgan fingerprint density at radius 1 is 1.33 bits per heavy atom. The minimum absolute atomic E-state index is 0.0887. The van der Waals surface area contributed by atoms with E-state index in [-0.39, 0.29) is 11.5 Å². The van der Waals surface area contributed by atoms with Crippen LogP contribution in [0.4, 0.5) is 5.82 Å². The minimum Gasteiger partial charge on any atom is -0.375 e. The summed E-state index contributed by atoms with van der Waals surface area (Å²) in [4.78, 5) is 11.4. The van der Waals surface area contributed by atoms with Gasteiger partial charge in [0.05, 0.1) is 5.60 Å². The third-order valence-corrected chi connectivity index (χ3v) is 4.48. The lowest BCUT2D eigenvalue weighted by atomic mass is 9.89. The van der Waals surface area contributed by atoms with Gasteiger partial charge < -0.3 is 15.4 Å². The van der Waals surface area contributed by atoms with E-state index in [1.54, 1.807) is 13.1 Å². The third-order valence-electron chi connectivity index (χ3n) is 4.48. The Kier molecular flexibility index (Phi) is 4.05. The molecule has 0 bridgehead atoms. The van der Waals surface area contributed by atoms with Crippen LogP contribution in [0.25, 0.3) is 0 Å². The fourth-order valence-electron chi connectivity index (χ4n) is 3.39. The Hall–Kier alpha value is -1.69. The SMILES string of the molecule is CNC(=O)c1ccc(NC2CCOC3(CCCC3)C2)nn1. The van der Waals surface area contributed by atoms with Gasteiger partial charge in [0.25, 0.3) is 5.91 Å². The second-order valence-electron chi connectivity index (χ2n) is 5.96. The topological polar surface area (TPSA) is 76.1 Å². The molecule has 1 aromatic heterocycles. The maximum absolute atomic E-state index is 11.4. The monoisotopic (exact) mass is 290 g/mol. The summed E-state index contributed by atoms with van der Waals surface area (Å²) in [6.45, 7) is 0.807. The number of aromatic nitrogens is 2. The predicted octanol–water partition coefficient (Wildman–Crippen LogP) is 1.74. The summed E-state index contributed by atoms with van der Waals surface area (Å²) in [5.41, 5.74) is 0.424. The van der Waals surface area contributed by atoms with E-state index in [9.17, 15) is 4.79 Å². The molecule has 6 nitrogen and oxygen atoms in total. The summed E-state index contributed by atoms with van der Waals surface area (Å²) in [6, 6.07) is 3.88. The molecule has 21 heavy (non-hydrogen) atoms. The summed E-state index contributed by atoms with van der Waals surface area (Å²) in [5, 5.41) is 14.0. The highest BCUT2D eigenvalue weighted by atomic mass is 16.5. The van der Waals surface area contributed by atoms with E-state index in [2.05, 4.69) is 20.8 Å². The number of amides is 1. The van der Waals surface area contributed by atoms with Gasteiger partial charge in [-0.1, -0.05) is 12.8 Å². The average Bonchev–Trinajstić information content (AvgIpc) is 2.95. The summed E-state index contributed by atoms with van der Waals surface area (Å²) >= 11 is 0. The molecule has 3 rings (SSSR count). The van der Waals surface area contributed by atoms with Gasteiger partial charge in [0.1, 0.15) is 5.82 Å². The van der Waals surface area contributed by atoms with Crippen LogP contribution in [0.1, 0.15) is 49.0 Å². The molecule has 1 saturated carbocycles. The van der Waals surface area contributed by atoms with E-state index in [0.29, 0.717) is 11.7 Å². The van der Waals surface area contributed by atoms with Crippen molar-refractivity contribution in [3.8, 4) is 0 Å². The van der Waals surface area contributed by atoms with Crippen LogP contribution in [0.15, 0.2) is 12.1 Å². The highest BCUT2D eigenvalue weighted by Gasteiger charge is 2.39. The molecule has 1 unspecified atom stereocenters. The van der Waals surface area contributed by atoms with Crippen molar-refractivity contribution >= 4 is 11.7 Å². The normalized spacial score (nSPS) is 24.0. The van der Waals surface area contributed by atoms with E-state index < -0.39 is 0 Å². The minimum atomic E-state index is -0.218. The lowest BCUT2D eigenvalue weighted by Crippen LogP contribution is -2.42. The van der Waals surface area contributed by atoms with Gasteiger partial charge in [-0.05, 0) is 37.8 Å². The van der Waals surface area contributed by atoms with Gasteiger partial charge in [-0.15, -0.1) is 10.2 Å². The number of carbonyl (C=O) groups is 1. The van der Waals surface area contributed by atoms with Crippen molar-refractivity contribution in [1.82, 2.24) is 15.5 Å². The molecule has 1 amide bonds. The van der Waals surface area contributed by atoms with Gasteiger partial charge in [0.15, 0.2) is 5.69 Å². The standard InChI is InChI=1S/C15H22N4O2/c1-16-14(20)12-4-5-13(19-18-12)17-11-6-9-21-15(10-11)7-2-3-8-15/h4-5,11H,2-3,6-10H2,1H3,(H,16,20)(H,17,19). The smallest absolute Gasteiger partial charge is 0.271 e. The molecule has 2 fully saturated rings. The second kappa shape index (κ2) is 5.97. The molecule has 1 aromatic rings. The Balaban J connectivity index is 1.62. The lowest BCUT2D eigenvalue weighted by Gasteiger charge is -2.38. The number of anilines is 1. The number of rotatable bonds is 3. The second-order valence-corrected chi connectivity index (χ2v) is 5.96. The number of hydrogen-bond donors (Lipinski definition) is 2. The van der Waals surface area contributed by atoms with Crippen LogP contribution in [-0.2, 0) is 4.74 Å². The molecule has 1 saturated heterocycles. The number of nitrogens with zero attached hydrogens (tertiary/aromatic N) is 2. The lowest BCUT2D eigenvalue weighted by molar-refractivity contribution is -0.0767. The third kappa shape index (κ3) is 3.15. The van der Waals surface area contributed by atoms with Crippen LogP contribution in [0.2, 0.25) is 0 Å². The first-order chi connectivity index (χ1) is 10.2. The molecular weight excluding hydrogens is 268 g/mol. The molecule has 2 N–H and O–H groups in total. The fraction of sp³-hybridized carbons (Fsp3) is 0.667. The zero-order valence-electron chi connectivity index (χ0n) is 12.4. The van der Waals surface area contributed by atoms with Crippen LogP contribution < -0.4 is 10.6 Å². The van der Waals surface area contributed by atoms with Crippen LogP contribution in [0, 0.1) is 0 Å². The Bertz CT molecular complexity index is 497. The molecule has 1 spiro atoms. The molecule has 2 heterocycles. The fourth-order valence-corrected chi connectivity index (χ4v) is 3.39. The first-order valence-electron chi connectivity index (χ1n) is 7.67. The van der Waals surface area contributed by atoms with Crippen molar-refractivity contribution in [2.24, 2.45) is 0 Å². The average molecular weight is 290 g/mol. The van der Waals surface area contributed by atoms with Gasteiger partial charge in [-0.25, -0.2) is 0 Å². The van der Waals surface area contributed by atoms with Gasteiger partial charge in [0, 0.05) is 19.7 Å². The number of hydrogen-bond acceptors (Lipinski definition) is 5. The Morgan fingerprint density at radius 3 is 2.81 bits per heavy atom. The van der Waals surface area contributed by atoms with Crippen molar-refractivity contribution in [1.29, 1.82) is 0 Å². The molecule has 2 aliphatic rings. The van der Waals surface area contributed by atoms with E-state index in [1.165, 1.54) is 25.7 Å². The van der Waals surface area contributed by atoms with Crippen molar-refractivity contribution < 1.29 is 9.53 Å². The zero-order chi connectivity index (χ0) is 14.7. The van der Waals surface area contributed by atoms with Crippen molar-refractivity contribution in [2.75, 3.05) is 19.0 Å². The van der Waals surface area contributed by atoms with Crippen molar-refractivity contribution in [3.63, 3.8) is 0 Å². The molecular formula is C15H22N4O2. The molecule has 114 valence electrons. The number of carbonyl (C=O) groups excluding carboxylic acids is 1. The Morgan fingerprint density at radius 2 is 2.14 bits per heavy atom. The highest BCUT2D eigenvalue weighted by molar-refractivity contribution is 5.91. The molecule has 0 aromatic carbocycles. The molecule has 0 radical (unpaired) electrons. The summed E-state index contributed by atoms with van der Waals surface area (Å²) in [6.07, 6.45) is 6.91. The van der Waals surface area contributed by atoms with Crippen LogP contribution >= 0.6 is 0 Å². The largest absolute Gasteiger partial charge is 0.375 e. The van der Waals surface area contributed by atoms with Gasteiger partial charge in [-0.3, -0.25) is 4.79 Å². The molecule has 6 heteroatoms. The van der Waals surface area contributed by atoms with Gasteiger partial charge in [-0.2, -0.15) is 0 Å². The van der Waals surface area contributed by atoms with Crippen LogP contribution in [0.3, 0.4) is 0 Å². The summed E-state index contributed by atoms with van der Waals surface area (Å²) in [5.74, 6) is 0.507. The zero-order valence-corrected chi connectivity index (χ0v) is 12.4. The number of nitrogens with one attached hydrogen (secondary N) is 2. The van der Waals surface area contributed by atoms with E-state index in [1.807, 2.05) is 6.07 Å². The predicted molar refractivity (Wildman–Crippen MR) is 79.2 cm³/mol.